The standard InChI is InChI=1S/C12H20N2S2/c1-4-7-13-12(15)14-11(9(2)3)10-6-5-8-16-10/h5-6,8-9,11H,4,7H2,1-3H3,(H2,13,14,15). The van der Waals surface area contributed by atoms with E-state index in [0.717, 1.165) is 18.1 Å². The molecule has 0 aliphatic carbocycles. The zero-order valence-electron chi connectivity index (χ0n) is 10.1. The van der Waals surface area contributed by atoms with Crippen LogP contribution in [0, 0.1) is 5.92 Å². The molecule has 0 aliphatic heterocycles. The zero-order valence-corrected chi connectivity index (χ0v) is 11.8. The molecule has 2 N–H and O–H groups in total. The van der Waals surface area contributed by atoms with Gasteiger partial charge in [0.2, 0.25) is 0 Å². The van der Waals surface area contributed by atoms with Crippen molar-refractivity contribution in [1.29, 1.82) is 0 Å². The van der Waals surface area contributed by atoms with E-state index < -0.39 is 0 Å². The summed E-state index contributed by atoms with van der Waals surface area (Å²) in [6.07, 6.45) is 1.09. The van der Waals surface area contributed by atoms with E-state index in [2.05, 4.69) is 48.9 Å². The molecule has 1 aromatic rings. The Hall–Kier alpha value is -0.610. The monoisotopic (exact) mass is 256 g/mol. The molecule has 1 rings (SSSR count). The minimum Gasteiger partial charge on any atom is -0.363 e. The van der Waals surface area contributed by atoms with E-state index >= 15 is 0 Å². The molecule has 0 bridgehead atoms. The number of thiocarbonyl (C=S) groups is 1. The highest BCUT2D eigenvalue weighted by atomic mass is 32.1. The summed E-state index contributed by atoms with van der Waals surface area (Å²) in [7, 11) is 0. The maximum atomic E-state index is 5.27. The molecule has 16 heavy (non-hydrogen) atoms. The van der Waals surface area contributed by atoms with Crippen molar-refractivity contribution in [1.82, 2.24) is 10.6 Å². The van der Waals surface area contributed by atoms with Crippen LogP contribution in [-0.2, 0) is 0 Å². The second-order valence-electron chi connectivity index (χ2n) is 4.14. The summed E-state index contributed by atoms with van der Waals surface area (Å²) in [6, 6.07) is 4.56. The predicted octanol–water partition coefficient (Wildman–Crippen LogP) is 3.32. The molecule has 0 fully saturated rings. The van der Waals surface area contributed by atoms with E-state index in [1.54, 1.807) is 11.3 Å². The number of rotatable bonds is 5. The minimum atomic E-state index is 0.317. The lowest BCUT2D eigenvalue weighted by Crippen LogP contribution is -2.39. The second-order valence-corrected chi connectivity index (χ2v) is 5.52. The molecular formula is C12H20N2S2. The van der Waals surface area contributed by atoms with Crippen molar-refractivity contribution in [3.05, 3.63) is 22.4 Å². The normalized spacial score (nSPS) is 12.5. The highest BCUT2D eigenvalue weighted by Crippen LogP contribution is 2.25. The summed E-state index contributed by atoms with van der Waals surface area (Å²) in [5.41, 5.74) is 0. The molecule has 1 aromatic heterocycles. The Kier molecular flexibility index (Phi) is 5.77. The van der Waals surface area contributed by atoms with Crippen molar-refractivity contribution in [2.24, 2.45) is 5.92 Å². The van der Waals surface area contributed by atoms with Gasteiger partial charge in [0.15, 0.2) is 5.11 Å². The summed E-state index contributed by atoms with van der Waals surface area (Å²) < 4.78 is 0. The molecule has 1 unspecified atom stereocenters. The van der Waals surface area contributed by atoms with Gasteiger partial charge in [0.25, 0.3) is 0 Å². The summed E-state index contributed by atoms with van der Waals surface area (Å²) in [4.78, 5) is 1.34. The molecule has 0 amide bonds. The molecule has 0 aliphatic rings. The van der Waals surface area contributed by atoms with Crippen LogP contribution in [0.4, 0.5) is 0 Å². The van der Waals surface area contributed by atoms with Gasteiger partial charge < -0.3 is 10.6 Å². The number of thiophene rings is 1. The summed E-state index contributed by atoms with van der Waals surface area (Å²) in [6.45, 7) is 7.48. The lowest BCUT2D eigenvalue weighted by molar-refractivity contribution is 0.475. The molecule has 0 aromatic carbocycles. The van der Waals surface area contributed by atoms with Crippen LogP contribution < -0.4 is 10.6 Å². The molecular weight excluding hydrogens is 236 g/mol. The van der Waals surface area contributed by atoms with Gasteiger partial charge in [-0.2, -0.15) is 0 Å². The first-order valence-electron chi connectivity index (χ1n) is 5.73. The van der Waals surface area contributed by atoms with Crippen molar-refractivity contribution in [2.75, 3.05) is 6.54 Å². The third-order valence-corrected chi connectivity index (χ3v) is 3.56. The lowest BCUT2D eigenvalue weighted by Gasteiger charge is -2.23. The average molecular weight is 256 g/mol. The number of hydrogen-bond acceptors (Lipinski definition) is 2. The third-order valence-electron chi connectivity index (χ3n) is 2.34. The van der Waals surface area contributed by atoms with Gasteiger partial charge >= 0.3 is 0 Å². The van der Waals surface area contributed by atoms with Gasteiger partial charge in [0.1, 0.15) is 0 Å². The topological polar surface area (TPSA) is 24.1 Å². The Labute approximate surface area is 107 Å². The molecule has 4 heteroatoms. The Bertz CT molecular complexity index is 307. The van der Waals surface area contributed by atoms with Gasteiger partial charge in [-0.1, -0.05) is 26.8 Å². The third kappa shape index (κ3) is 4.10. The Balaban J connectivity index is 2.56. The Morgan fingerprint density at radius 1 is 1.50 bits per heavy atom. The first-order valence-corrected chi connectivity index (χ1v) is 7.01. The molecule has 0 spiro atoms. The van der Waals surface area contributed by atoms with Crippen molar-refractivity contribution < 1.29 is 0 Å². The average Bonchev–Trinajstić information content (AvgIpc) is 2.75. The fourth-order valence-corrected chi connectivity index (χ4v) is 2.64. The van der Waals surface area contributed by atoms with E-state index in [1.807, 2.05) is 0 Å². The maximum absolute atomic E-state index is 5.27. The second kappa shape index (κ2) is 6.86. The number of nitrogens with one attached hydrogen (secondary N) is 2. The summed E-state index contributed by atoms with van der Waals surface area (Å²) >= 11 is 7.05. The van der Waals surface area contributed by atoms with Crippen LogP contribution in [-0.4, -0.2) is 11.7 Å². The van der Waals surface area contributed by atoms with Crippen LogP contribution in [0.3, 0.4) is 0 Å². The van der Waals surface area contributed by atoms with Crippen LogP contribution in [0.2, 0.25) is 0 Å². The highest BCUT2D eigenvalue weighted by molar-refractivity contribution is 7.80. The van der Waals surface area contributed by atoms with Crippen LogP contribution in [0.1, 0.15) is 38.1 Å². The minimum absolute atomic E-state index is 0.317. The predicted molar refractivity (Wildman–Crippen MR) is 75.9 cm³/mol. The van der Waals surface area contributed by atoms with E-state index in [-0.39, 0.29) is 0 Å². The first-order chi connectivity index (χ1) is 7.65. The van der Waals surface area contributed by atoms with Crippen LogP contribution >= 0.6 is 23.6 Å². The lowest BCUT2D eigenvalue weighted by atomic mass is 10.0. The summed E-state index contributed by atoms with van der Waals surface area (Å²) in [5.74, 6) is 0.528. The van der Waals surface area contributed by atoms with Gasteiger partial charge in [0.05, 0.1) is 6.04 Å². The van der Waals surface area contributed by atoms with E-state index in [1.165, 1.54) is 4.88 Å². The summed E-state index contributed by atoms with van der Waals surface area (Å²) in [5, 5.41) is 9.45. The van der Waals surface area contributed by atoms with Crippen LogP contribution in [0.5, 0.6) is 0 Å². The number of hydrogen-bond donors (Lipinski definition) is 2. The van der Waals surface area contributed by atoms with Gasteiger partial charge in [-0.05, 0) is 36.0 Å². The first kappa shape index (κ1) is 13.5. The van der Waals surface area contributed by atoms with Gasteiger partial charge in [-0.25, -0.2) is 0 Å². The largest absolute Gasteiger partial charge is 0.363 e. The van der Waals surface area contributed by atoms with Crippen molar-refractivity contribution in [3.63, 3.8) is 0 Å². The Morgan fingerprint density at radius 3 is 2.75 bits per heavy atom. The SMILES string of the molecule is CCCNC(=S)NC(c1cccs1)C(C)C. The van der Waals surface area contributed by atoms with Crippen LogP contribution in [0.15, 0.2) is 17.5 Å². The molecule has 90 valence electrons. The van der Waals surface area contributed by atoms with E-state index in [0.29, 0.717) is 12.0 Å². The quantitative estimate of drug-likeness (QED) is 0.790. The van der Waals surface area contributed by atoms with Gasteiger partial charge in [0, 0.05) is 11.4 Å². The van der Waals surface area contributed by atoms with Crippen LogP contribution in [0.25, 0.3) is 0 Å². The zero-order chi connectivity index (χ0) is 12.0. The fraction of sp³-hybridized carbons (Fsp3) is 0.583. The molecule has 2 nitrogen and oxygen atoms in total. The highest BCUT2D eigenvalue weighted by Gasteiger charge is 2.17. The molecule has 1 heterocycles. The van der Waals surface area contributed by atoms with E-state index in [9.17, 15) is 0 Å². The molecule has 0 saturated carbocycles. The molecule has 0 saturated heterocycles. The van der Waals surface area contributed by atoms with Gasteiger partial charge in [-0.15, -0.1) is 11.3 Å². The van der Waals surface area contributed by atoms with Crippen molar-refractivity contribution >= 4 is 28.7 Å². The van der Waals surface area contributed by atoms with E-state index in [4.69, 9.17) is 12.2 Å². The smallest absolute Gasteiger partial charge is 0.166 e. The fourth-order valence-electron chi connectivity index (χ4n) is 1.47. The Morgan fingerprint density at radius 2 is 2.25 bits per heavy atom. The van der Waals surface area contributed by atoms with Crippen molar-refractivity contribution in [3.8, 4) is 0 Å². The van der Waals surface area contributed by atoms with Gasteiger partial charge in [-0.3, -0.25) is 0 Å². The molecule has 0 radical (unpaired) electrons. The maximum Gasteiger partial charge on any atom is 0.166 e. The molecule has 1 atom stereocenters. The van der Waals surface area contributed by atoms with Crippen molar-refractivity contribution in [2.45, 2.75) is 33.2 Å².